The molecule has 0 spiro atoms. The Morgan fingerprint density at radius 2 is 2.00 bits per heavy atom. The maximum atomic E-state index is 5.90. The molecule has 1 aliphatic heterocycles. The van der Waals surface area contributed by atoms with E-state index in [1.54, 1.807) is 0 Å². The van der Waals surface area contributed by atoms with Crippen LogP contribution in [0.2, 0.25) is 0 Å². The average Bonchev–Trinajstić information content (AvgIpc) is 3.00. The minimum absolute atomic E-state index is 0. The van der Waals surface area contributed by atoms with E-state index in [2.05, 4.69) is 10.3 Å². The number of fused-ring (bicyclic) bond motifs is 1. The maximum absolute atomic E-state index is 5.90. The SMILES string of the molecule is I.NC(=NCCOc1ccc2c(c1)OCO2)NC1CCCCC1. The molecular formula is C16H24IN3O3. The molecule has 1 aromatic carbocycles. The van der Waals surface area contributed by atoms with E-state index in [0.717, 1.165) is 17.2 Å². The molecule has 0 radical (unpaired) electrons. The summed E-state index contributed by atoms with van der Waals surface area (Å²) in [6, 6.07) is 6.02. The number of nitrogens with zero attached hydrogens (tertiary/aromatic N) is 1. The van der Waals surface area contributed by atoms with Crippen LogP contribution in [0.3, 0.4) is 0 Å². The lowest BCUT2D eigenvalue weighted by Crippen LogP contribution is -2.41. The number of nitrogens with two attached hydrogens (primary N) is 1. The van der Waals surface area contributed by atoms with E-state index in [9.17, 15) is 0 Å². The normalized spacial score (nSPS) is 17.5. The van der Waals surface area contributed by atoms with Crippen molar-refractivity contribution in [2.75, 3.05) is 19.9 Å². The number of benzene rings is 1. The van der Waals surface area contributed by atoms with Gasteiger partial charge in [-0.25, -0.2) is 4.99 Å². The highest BCUT2D eigenvalue weighted by Crippen LogP contribution is 2.34. The lowest BCUT2D eigenvalue weighted by atomic mass is 9.96. The molecule has 1 fully saturated rings. The number of ether oxygens (including phenoxy) is 3. The Labute approximate surface area is 153 Å². The minimum Gasteiger partial charge on any atom is -0.492 e. The van der Waals surface area contributed by atoms with Crippen LogP contribution in [0.4, 0.5) is 0 Å². The summed E-state index contributed by atoms with van der Waals surface area (Å²) in [5.74, 6) is 2.74. The maximum Gasteiger partial charge on any atom is 0.231 e. The van der Waals surface area contributed by atoms with Crippen molar-refractivity contribution in [1.82, 2.24) is 5.32 Å². The Bertz CT molecular complexity index is 533. The smallest absolute Gasteiger partial charge is 0.231 e. The number of guanidine groups is 1. The molecule has 128 valence electrons. The van der Waals surface area contributed by atoms with Gasteiger partial charge in [0.05, 0.1) is 6.54 Å². The summed E-state index contributed by atoms with van der Waals surface area (Å²) in [5.41, 5.74) is 5.90. The zero-order chi connectivity index (χ0) is 15.2. The summed E-state index contributed by atoms with van der Waals surface area (Å²) >= 11 is 0. The number of aliphatic imine (C=N–C) groups is 1. The molecule has 1 aliphatic carbocycles. The topological polar surface area (TPSA) is 78.1 Å². The van der Waals surface area contributed by atoms with Gasteiger partial charge in [-0.3, -0.25) is 0 Å². The number of hydrogen-bond acceptors (Lipinski definition) is 4. The summed E-state index contributed by atoms with van der Waals surface area (Å²) in [5, 5.41) is 3.29. The Kier molecular flexibility index (Phi) is 7.07. The quantitative estimate of drug-likeness (QED) is 0.323. The van der Waals surface area contributed by atoms with Crippen molar-refractivity contribution in [1.29, 1.82) is 0 Å². The second-order valence-electron chi connectivity index (χ2n) is 5.61. The first-order valence-corrected chi connectivity index (χ1v) is 7.90. The Hall–Kier alpha value is -1.38. The molecular weight excluding hydrogens is 409 g/mol. The summed E-state index contributed by atoms with van der Waals surface area (Å²) in [4.78, 5) is 4.31. The van der Waals surface area contributed by atoms with Gasteiger partial charge in [-0.15, -0.1) is 24.0 Å². The third-order valence-electron chi connectivity index (χ3n) is 3.94. The summed E-state index contributed by atoms with van der Waals surface area (Å²) < 4.78 is 16.2. The molecule has 1 heterocycles. The Balaban J connectivity index is 0.00000192. The molecule has 0 amide bonds. The van der Waals surface area contributed by atoms with Gasteiger partial charge in [0.2, 0.25) is 6.79 Å². The first kappa shape index (κ1) is 18.0. The van der Waals surface area contributed by atoms with Gasteiger partial charge >= 0.3 is 0 Å². The van der Waals surface area contributed by atoms with Crippen LogP contribution in [0.25, 0.3) is 0 Å². The standard InChI is InChI=1S/C16H23N3O3.HI/c17-16(19-12-4-2-1-3-5-12)18-8-9-20-13-6-7-14-15(10-13)22-11-21-14;/h6-7,10,12H,1-5,8-9,11H2,(H3,17,18,19);1H. The van der Waals surface area contributed by atoms with Crippen LogP contribution in [0, 0.1) is 0 Å². The lowest BCUT2D eigenvalue weighted by Gasteiger charge is -2.23. The molecule has 0 saturated heterocycles. The van der Waals surface area contributed by atoms with Crippen LogP contribution in [0.15, 0.2) is 23.2 Å². The molecule has 2 aliphatic rings. The molecule has 1 aromatic rings. The highest BCUT2D eigenvalue weighted by Gasteiger charge is 2.14. The molecule has 3 rings (SSSR count). The van der Waals surface area contributed by atoms with E-state index in [0.29, 0.717) is 25.2 Å². The molecule has 23 heavy (non-hydrogen) atoms. The minimum atomic E-state index is 0. The van der Waals surface area contributed by atoms with E-state index >= 15 is 0 Å². The second kappa shape index (κ2) is 9.05. The molecule has 0 bridgehead atoms. The van der Waals surface area contributed by atoms with Crippen molar-refractivity contribution in [2.45, 2.75) is 38.1 Å². The van der Waals surface area contributed by atoms with Crippen LogP contribution in [-0.4, -0.2) is 31.9 Å². The Morgan fingerprint density at radius 3 is 2.83 bits per heavy atom. The molecule has 6 nitrogen and oxygen atoms in total. The predicted molar refractivity (Wildman–Crippen MR) is 100.0 cm³/mol. The first-order chi connectivity index (χ1) is 10.8. The summed E-state index contributed by atoms with van der Waals surface area (Å²) in [7, 11) is 0. The first-order valence-electron chi connectivity index (χ1n) is 7.90. The summed E-state index contributed by atoms with van der Waals surface area (Å²) in [6.45, 7) is 1.28. The van der Waals surface area contributed by atoms with Crippen LogP contribution in [0.1, 0.15) is 32.1 Å². The van der Waals surface area contributed by atoms with Crippen LogP contribution in [0.5, 0.6) is 17.2 Å². The number of hydrogen-bond donors (Lipinski definition) is 2. The third kappa shape index (κ3) is 5.33. The number of nitrogens with one attached hydrogen (secondary N) is 1. The molecule has 3 N–H and O–H groups in total. The number of halogens is 1. The fraction of sp³-hybridized carbons (Fsp3) is 0.562. The van der Waals surface area contributed by atoms with Gasteiger partial charge in [-0.1, -0.05) is 19.3 Å². The van der Waals surface area contributed by atoms with E-state index < -0.39 is 0 Å². The van der Waals surface area contributed by atoms with E-state index in [1.807, 2.05) is 18.2 Å². The van der Waals surface area contributed by atoms with Gasteiger partial charge in [0.25, 0.3) is 0 Å². The third-order valence-corrected chi connectivity index (χ3v) is 3.94. The van der Waals surface area contributed by atoms with E-state index in [1.165, 1.54) is 32.1 Å². The van der Waals surface area contributed by atoms with Crippen LogP contribution in [-0.2, 0) is 0 Å². The fourth-order valence-electron chi connectivity index (χ4n) is 2.80. The lowest BCUT2D eigenvalue weighted by molar-refractivity contribution is 0.174. The van der Waals surface area contributed by atoms with Gasteiger partial charge in [0, 0.05) is 12.1 Å². The molecule has 1 saturated carbocycles. The van der Waals surface area contributed by atoms with Crippen molar-refractivity contribution in [3.05, 3.63) is 18.2 Å². The fourth-order valence-corrected chi connectivity index (χ4v) is 2.80. The summed E-state index contributed by atoms with van der Waals surface area (Å²) in [6.07, 6.45) is 6.25. The molecule has 0 unspecified atom stereocenters. The zero-order valence-electron chi connectivity index (χ0n) is 13.1. The van der Waals surface area contributed by atoms with Gasteiger partial charge < -0.3 is 25.3 Å². The van der Waals surface area contributed by atoms with Gasteiger partial charge in [-0.05, 0) is 25.0 Å². The van der Waals surface area contributed by atoms with Crippen molar-refractivity contribution >= 4 is 29.9 Å². The molecule has 7 heteroatoms. The van der Waals surface area contributed by atoms with Crippen molar-refractivity contribution < 1.29 is 14.2 Å². The molecule has 0 aromatic heterocycles. The zero-order valence-corrected chi connectivity index (χ0v) is 15.5. The van der Waals surface area contributed by atoms with Gasteiger partial charge in [0.15, 0.2) is 17.5 Å². The molecule has 0 atom stereocenters. The van der Waals surface area contributed by atoms with E-state index in [4.69, 9.17) is 19.9 Å². The second-order valence-corrected chi connectivity index (χ2v) is 5.61. The van der Waals surface area contributed by atoms with Crippen molar-refractivity contribution in [3.63, 3.8) is 0 Å². The van der Waals surface area contributed by atoms with Crippen molar-refractivity contribution in [3.8, 4) is 17.2 Å². The largest absolute Gasteiger partial charge is 0.492 e. The van der Waals surface area contributed by atoms with Crippen molar-refractivity contribution in [2.24, 2.45) is 10.7 Å². The van der Waals surface area contributed by atoms with Gasteiger partial charge in [-0.2, -0.15) is 0 Å². The van der Waals surface area contributed by atoms with Gasteiger partial charge in [0.1, 0.15) is 12.4 Å². The average molecular weight is 433 g/mol. The Morgan fingerprint density at radius 1 is 1.22 bits per heavy atom. The highest BCUT2D eigenvalue weighted by atomic mass is 127. The van der Waals surface area contributed by atoms with E-state index in [-0.39, 0.29) is 30.8 Å². The number of rotatable bonds is 5. The predicted octanol–water partition coefficient (Wildman–Crippen LogP) is 2.65. The monoisotopic (exact) mass is 433 g/mol. The van der Waals surface area contributed by atoms with Crippen LogP contribution < -0.4 is 25.3 Å². The van der Waals surface area contributed by atoms with Crippen LogP contribution >= 0.6 is 24.0 Å². The highest BCUT2D eigenvalue weighted by molar-refractivity contribution is 14.0.